The van der Waals surface area contributed by atoms with Gasteiger partial charge < -0.3 is 4.90 Å². The first kappa shape index (κ1) is 12.1. The number of rotatable bonds is 5. The van der Waals surface area contributed by atoms with Gasteiger partial charge in [0.05, 0.1) is 11.6 Å². The average molecular weight is 220 g/mol. The van der Waals surface area contributed by atoms with Crippen molar-refractivity contribution in [1.29, 1.82) is 5.26 Å². The minimum Gasteiger partial charge on any atom is -0.309 e. The van der Waals surface area contributed by atoms with Crippen LogP contribution >= 0.6 is 11.8 Å². The summed E-state index contributed by atoms with van der Waals surface area (Å²) in [7, 11) is 4.16. The van der Waals surface area contributed by atoms with E-state index in [4.69, 9.17) is 5.26 Å². The smallest absolute Gasteiger partial charge is 0.0991 e. The van der Waals surface area contributed by atoms with Gasteiger partial charge in [0.2, 0.25) is 0 Å². The summed E-state index contributed by atoms with van der Waals surface area (Å²) in [5.41, 5.74) is 1.98. The minimum atomic E-state index is 0.751. The maximum atomic E-state index is 8.74. The lowest BCUT2D eigenvalue weighted by Gasteiger charge is -2.08. The van der Waals surface area contributed by atoms with E-state index in [-0.39, 0.29) is 0 Å². The molecule has 0 aliphatic rings. The molecular weight excluding hydrogens is 204 g/mol. The number of hydrogen-bond donors (Lipinski definition) is 0. The standard InChI is InChI=1S/C12H16N2S/c1-14(2)6-7-15-10-12-5-3-4-11(8-12)9-13/h3-5,8H,6-7,10H2,1-2H3. The first-order chi connectivity index (χ1) is 7.22. The predicted molar refractivity (Wildman–Crippen MR) is 65.9 cm³/mol. The molecule has 0 aromatic heterocycles. The molecule has 80 valence electrons. The van der Waals surface area contributed by atoms with Crippen LogP contribution in [0.2, 0.25) is 0 Å². The molecule has 0 aliphatic carbocycles. The van der Waals surface area contributed by atoms with Crippen LogP contribution in [0.15, 0.2) is 24.3 Å². The highest BCUT2D eigenvalue weighted by atomic mass is 32.2. The Morgan fingerprint density at radius 1 is 1.40 bits per heavy atom. The van der Waals surface area contributed by atoms with Crippen LogP contribution in [0.5, 0.6) is 0 Å². The molecule has 1 rings (SSSR count). The van der Waals surface area contributed by atoms with Gasteiger partial charge in [0.25, 0.3) is 0 Å². The van der Waals surface area contributed by atoms with E-state index in [1.54, 1.807) is 0 Å². The third-order valence-electron chi connectivity index (χ3n) is 2.01. The lowest BCUT2D eigenvalue weighted by atomic mass is 10.2. The van der Waals surface area contributed by atoms with Crippen molar-refractivity contribution in [2.75, 3.05) is 26.4 Å². The summed E-state index contributed by atoms with van der Waals surface area (Å²) in [4.78, 5) is 2.18. The Kier molecular flexibility index (Phi) is 5.23. The zero-order chi connectivity index (χ0) is 11.1. The van der Waals surface area contributed by atoms with Gasteiger partial charge in [-0.15, -0.1) is 0 Å². The Hall–Kier alpha value is -0.980. The minimum absolute atomic E-state index is 0.751. The third-order valence-corrected chi connectivity index (χ3v) is 3.02. The summed E-state index contributed by atoms with van der Waals surface area (Å²) in [6.07, 6.45) is 0. The Balaban J connectivity index is 2.35. The fraction of sp³-hybridized carbons (Fsp3) is 0.417. The van der Waals surface area contributed by atoms with Gasteiger partial charge in [0.15, 0.2) is 0 Å². The number of nitriles is 1. The molecule has 0 bridgehead atoms. The maximum Gasteiger partial charge on any atom is 0.0991 e. The molecule has 0 aliphatic heterocycles. The Morgan fingerprint density at radius 2 is 2.20 bits per heavy atom. The second kappa shape index (κ2) is 6.49. The lowest BCUT2D eigenvalue weighted by molar-refractivity contribution is 0.437. The van der Waals surface area contributed by atoms with E-state index in [1.807, 2.05) is 30.0 Å². The summed E-state index contributed by atoms with van der Waals surface area (Å²) in [5.74, 6) is 2.12. The second-order valence-electron chi connectivity index (χ2n) is 3.67. The lowest BCUT2D eigenvalue weighted by Crippen LogP contribution is -2.14. The van der Waals surface area contributed by atoms with E-state index in [2.05, 4.69) is 31.1 Å². The molecule has 0 radical (unpaired) electrons. The van der Waals surface area contributed by atoms with Crippen molar-refractivity contribution < 1.29 is 0 Å². The molecule has 0 fully saturated rings. The predicted octanol–water partition coefficient (Wildman–Crippen LogP) is 2.35. The van der Waals surface area contributed by atoms with Crippen molar-refractivity contribution >= 4 is 11.8 Å². The first-order valence-corrected chi connectivity index (χ1v) is 6.09. The summed E-state index contributed by atoms with van der Waals surface area (Å²) in [6.45, 7) is 1.10. The molecule has 0 amide bonds. The maximum absolute atomic E-state index is 8.74. The van der Waals surface area contributed by atoms with Crippen LogP contribution in [0.3, 0.4) is 0 Å². The molecule has 0 N–H and O–H groups in total. The fourth-order valence-corrected chi connectivity index (χ4v) is 2.22. The number of benzene rings is 1. The third kappa shape index (κ3) is 4.87. The van der Waals surface area contributed by atoms with Crippen molar-refractivity contribution in [2.24, 2.45) is 0 Å². The fourth-order valence-electron chi connectivity index (χ4n) is 1.17. The van der Waals surface area contributed by atoms with Gasteiger partial charge in [-0.2, -0.15) is 17.0 Å². The molecule has 3 heteroatoms. The quantitative estimate of drug-likeness (QED) is 0.713. The van der Waals surface area contributed by atoms with E-state index < -0.39 is 0 Å². The molecule has 15 heavy (non-hydrogen) atoms. The summed E-state index contributed by atoms with van der Waals surface area (Å²) in [6, 6.07) is 9.98. The van der Waals surface area contributed by atoms with Crippen LogP contribution in [0.4, 0.5) is 0 Å². The molecule has 0 unspecified atom stereocenters. The molecule has 2 nitrogen and oxygen atoms in total. The van der Waals surface area contributed by atoms with E-state index >= 15 is 0 Å². The Morgan fingerprint density at radius 3 is 2.87 bits per heavy atom. The van der Waals surface area contributed by atoms with E-state index in [1.165, 1.54) is 5.56 Å². The zero-order valence-electron chi connectivity index (χ0n) is 9.23. The Bertz CT molecular complexity index is 342. The average Bonchev–Trinajstić information content (AvgIpc) is 2.24. The van der Waals surface area contributed by atoms with Gasteiger partial charge in [0.1, 0.15) is 0 Å². The van der Waals surface area contributed by atoms with Crippen molar-refractivity contribution in [3.8, 4) is 6.07 Å². The molecular formula is C12H16N2S. The van der Waals surface area contributed by atoms with E-state index in [9.17, 15) is 0 Å². The van der Waals surface area contributed by atoms with Crippen LogP contribution in [0, 0.1) is 11.3 Å². The van der Waals surface area contributed by atoms with Gasteiger partial charge in [0, 0.05) is 18.1 Å². The molecule has 0 saturated carbocycles. The van der Waals surface area contributed by atoms with Crippen LogP contribution in [0.25, 0.3) is 0 Å². The molecule has 0 saturated heterocycles. The van der Waals surface area contributed by atoms with Crippen molar-refractivity contribution in [3.05, 3.63) is 35.4 Å². The van der Waals surface area contributed by atoms with Crippen LogP contribution in [-0.4, -0.2) is 31.3 Å². The SMILES string of the molecule is CN(C)CCSCc1cccc(C#N)c1. The van der Waals surface area contributed by atoms with Crippen molar-refractivity contribution in [3.63, 3.8) is 0 Å². The summed E-state index contributed by atoms with van der Waals surface area (Å²) in [5, 5.41) is 8.74. The van der Waals surface area contributed by atoms with Gasteiger partial charge >= 0.3 is 0 Å². The number of nitrogens with zero attached hydrogens (tertiary/aromatic N) is 2. The van der Waals surface area contributed by atoms with Crippen molar-refractivity contribution in [1.82, 2.24) is 4.90 Å². The highest BCUT2D eigenvalue weighted by Crippen LogP contribution is 2.13. The van der Waals surface area contributed by atoms with E-state index in [0.717, 1.165) is 23.6 Å². The molecule has 0 heterocycles. The summed E-state index contributed by atoms with van der Waals surface area (Å²) < 4.78 is 0. The molecule has 1 aromatic carbocycles. The van der Waals surface area contributed by atoms with Crippen LogP contribution in [0.1, 0.15) is 11.1 Å². The number of hydrogen-bond acceptors (Lipinski definition) is 3. The van der Waals surface area contributed by atoms with Gasteiger partial charge in [-0.25, -0.2) is 0 Å². The highest BCUT2D eigenvalue weighted by Gasteiger charge is 1.96. The summed E-state index contributed by atoms with van der Waals surface area (Å²) >= 11 is 1.90. The topological polar surface area (TPSA) is 27.0 Å². The van der Waals surface area contributed by atoms with Crippen molar-refractivity contribution in [2.45, 2.75) is 5.75 Å². The van der Waals surface area contributed by atoms with Crippen LogP contribution in [-0.2, 0) is 5.75 Å². The highest BCUT2D eigenvalue weighted by molar-refractivity contribution is 7.98. The number of thioether (sulfide) groups is 1. The van der Waals surface area contributed by atoms with E-state index in [0.29, 0.717) is 0 Å². The van der Waals surface area contributed by atoms with Gasteiger partial charge in [-0.1, -0.05) is 12.1 Å². The Labute approximate surface area is 95.9 Å². The largest absolute Gasteiger partial charge is 0.309 e. The first-order valence-electron chi connectivity index (χ1n) is 4.94. The van der Waals surface area contributed by atoms with Crippen LogP contribution < -0.4 is 0 Å². The monoisotopic (exact) mass is 220 g/mol. The molecule has 1 aromatic rings. The normalized spacial score (nSPS) is 10.3. The van der Waals surface area contributed by atoms with Gasteiger partial charge in [-0.05, 0) is 31.8 Å². The second-order valence-corrected chi connectivity index (χ2v) is 4.77. The molecule has 0 spiro atoms. The van der Waals surface area contributed by atoms with Gasteiger partial charge in [-0.3, -0.25) is 0 Å². The zero-order valence-corrected chi connectivity index (χ0v) is 10.0. The molecule has 0 atom stereocenters.